The fraction of sp³-hybridized carbons (Fsp3) is 0.364. The first-order valence-corrected chi connectivity index (χ1v) is 9.21. The van der Waals surface area contributed by atoms with Crippen molar-refractivity contribution >= 4 is 17.5 Å². The van der Waals surface area contributed by atoms with Gasteiger partial charge < -0.3 is 10.2 Å². The molecule has 1 fully saturated rings. The molecule has 0 aliphatic heterocycles. The summed E-state index contributed by atoms with van der Waals surface area (Å²) in [6, 6.07) is 15.8. The van der Waals surface area contributed by atoms with Crippen LogP contribution in [-0.2, 0) is 6.54 Å². The van der Waals surface area contributed by atoms with Crippen molar-refractivity contribution in [3.05, 3.63) is 65.2 Å². The summed E-state index contributed by atoms with van der Waals surface area (Å²) in [5, 5.41) is 2.94. The van der Waals surface area contributed by atoms with E-state index in [1.807, 2.05) is 11.0 Å². The van der Waals surface area contributed by atoms with Crippen LogP contribution < -0.4 is 5.32 Å². The molecule has 0 spiro atoms. The summed E-state index contributed by atoms with van der Waals surface area (Å²) in [4.78, 5) is 26.2. The third-order valence-electron chi connectivity index (χ3n) is 4.77. The number of amides is 2. The largest absolute Gasteiger partial charge is 0.322 e. The number of hydrogen-bond donors (Lipinski definition) is 1. The highest BCUT2D eigenvalue weighted by Crippen LogP contribution is 2.29. The third-order valence-corrected chi connectivity index (χ3v) is 4.77. The molecule has 0 bridgehead atoms. The van der Waals surface area contributed by atoms with Crippen molar-refractivity contribution in [1.29, 1.82) is 0 Å². The molecule has 0 aromatic heterocycles. The Bertz CT molecular complexity index is 792. The molecule has 0 radical (unpaired) electrons. The summed E-state index contributed by atoms with van der Waals surface area (Å²) in [5.41, 5.74) is 3.69. The molecule has 0 saturated heterocycles. The topological polar surface area (TPSA) is 49.4 Å². The molecule has 1 N–H and O–H groups in total. The van der Waals surface area contributed by atoms with Gasteiger partial charge in [-0.25, -0.2) is 4.79 Å². The molecule has 4 nitrogen and oxygen atoms in total. The number of anilines is 1. The van der Waals surface area contributed by atoms with Crippen LogP contribution in [0.15, 0.2) is 48.5 Å². The van der Waals surface area contributed by atoms with Gasteiger partial charge in [0.15, 0.2) is 5.78 Å². The molecular formula is C22H26N2O2. The van der Waals surface area contributed by atoms with Crippen LogP contribution in [0.1, 0.15) is 61.0 Å². The van der Waals surface area contributed by atoms with E-state index in [-0.39, 0.29) is 11.8 Å². The van der Waals surface area contributed by atoms with Crippen molar-refractivity contribution in [3.8, 4) is 0 Å². The number of carbonyl (C=O) groups excluding carboxylic acids is 2. The molecule has 136 valence electrons. The molecule has 4 heteroatoms. The number of benzene rings is 2. The summed E-state index contributed by atoms with van der Waals surface area (Å²) in [5.74, 6) is 0.492. The molecule has 1 aliphatic carbocycles. The van der Waals surface area contributed by atoms with Gasteiger partial charge in [0.05, 0.1) is 0 Å². The van der Waals surface area contributed by atoms with E-state index in [1.54, 1.807) is 18.2 Å². The summed E-state index contributed by atoms with van der Waals surface area (Å²) in [6.45, 7) is 6.47. The fourth-order valence-corrected chi connectivity index (χ4v) is 2.97. The second-order valence-corrected chi connectivity index (χ2v) is 7.32. The maximum absolute atomic E-state index is 12.8. The lowest BCUT2D eigenvalue weighted by Crippen LogP contribution is -2.36. The molecule has 1 aliphatic rings. The number of hydrogen-bond acceptors (Lipinski definition) is 2. The molecular weight excluding hydrogens is 324 g/mol. The highest BCUT2D eigenvalue weighted by Gasteiger charge is 2.32. The van der Waals surface area contributed by atoms with Gasteiger partial charge in [0.1, 0.15) is 0 Å². The zero-order chi connectivity index (χ0) is 18.7. The zero-order valence-electron chi connectivity index (χ0n) is 15.7. The van der Waals surface area contributed by atoms with Crippen LogP contribution in [0.2, 0.25) is 0 Å². The van der Waals surface area contributed by atoms with Crippen molar-refractivity contribution in [2.24, 2.45) is 0 Å². The van der Waals surface area contributed by atoms with Crippen LogP contribution in [0, 0.1) is 0 Å². The van der Waals surface area contributed by atoms with E-state index >= 15 is 0 Å². The standard InChI is InChI=1S/C22H26N2O2/c1-15(2)18-9-7-17(8-10-18)14-24(21-11-12-21)22(26)23-20-6-4-5-19(13-20)16(3)25/h4-10,13,15,21H,11-12,14H2,1-3H3,(H,23,26). The Morgan fingerprint density at radius 3 is 2.38 bits per heavy atom. The highest BCUT2D eigenvalue weighted by molar-refractivity contribution is 5.96. The van der Waals surface area contributed by atoms with Gasteiger partial charge in [-0.3, -0.25) is 4.79 Å². The first-order valence-electron chi connectivity index (χ1n) is 9.21. The Hall–Kier alpha value is -2.62. The van der Waals surface area contributed by atoms with Crippen LogP contribution in [0.3, 0.4) is 0 Å². The van der Waals surface area contributed by atoms with Gasteiger partial charge in [0, 0.05) is 23.8 Å². The van der Waals surface area contributed by atoms with Crippen LogP contribution in [-0.4, -0.2) is 22.8 Å². The first-order chi connectivity index (χ1) is 12.4. The summed E-state index contributed by atoms with van der Waals surface area (Å²) < 4.78 is 0. The summed E-state index contributed by atoms with van der Waals surface area (Å²) >= 11 is 0. The molecule has 2 aromatic carbocycles. The lowest BCUT2D eigenvalue weighted by Gasteiger charge is -2.23. The third kappa shape index (κ3) is 4.51. The number of rotatable bonds is 6. The van der Waals surface area contributed by atoms with Gasteiger partial charge in [-0.05, 0) is 48.9 Å². The van der Waals surface area contributed by atoms with Crippen molar-refractivity contribution in [2.75, 3.05) is 5.32 Å². The number of urea groups is 1. The molecule has 3 rings (SSSR count). The van der Waals surface area contributed by atoms with E-state index in [2.05, 4.69) is 43.4 Å². The van der Waals surface area contributed by atoms with Crippen LogP contribution in [0.4, 0.5) is 10.5 Å². The minimum Gasteiger partial charge on any atom is -0.317 e. The molecule has 0 atom stereocenters. The lowest BCUT2D eigenvalue weighted by molar-refractivity contribution is 0.101. The maximum Gasteiger partial charge on any atom is 0.322 e. The predicted octanol–water partition coefficient (Wildman–Crippen LogP) is 5.21. The van der Waals surface area contributed by atoms with Gasteiger partial charge in [0.2, 0.25) is 0 Å². The van der Waals surface area contributed by atoms with Crippen LogP contribution in [0.25, 0.3) is 0 Å². The Morgan fingerprint density at radius 2 is 1.81 bits per heavy atom. The molecule has 2 amide bonds. The number of nitrogens with zero attached hydrogens (tertiary/aromatic N) is 1. The average Bonchev–Trinajstić information content (AvgIpc) is 3.45. The lowest BCUT2D eigenvalue weighted by atomic mass is 10.0. The van der Waals surface area contributed by atoms with Crippen LogP contribution >= 0.6 is 0 Å². The van der Waals surface area contributed by atoms with Crippen molar-refractivity contribution in [3.63, 3.8) is 0 Å². The fourth-order valence-electron chi connectivity index (χ4n) is 2.97. The molecule has 26 heavy (non-hydrogen) atoms. The Morgan fingerprint density at radius 1 is 1.12 bits per heavy atom. The van der Waals surface area contributed by atoms with E-state index < -0.39 is 0 Å². The maximum atomic E-state index is 12.8. The van der Waals surface area contributed by atoms with E-state index in [4.69, 9.17) is 0 Å². The summed E-state index contributed by atoms with van der Waals surface area (Å²) in [6.07, 6.45) is 2.09. The average molecular weight is 350 g/mol. The zero-order valence-corrected chi connectivity index (χ0v) is 15.7. The first kappa shape index (κ1) is 18.2. The van der Waals surface area contributed by atoms with E-state index in [0.717, 1.165) is 18.4 Å². The second kappa shape index (κ2) is 7.73. The summed E-state index contributed by atoms with van der Waals surface area (Å²) in [7, 11) is 0. The van der Waals surface area contributed by atoms with Gasteiger partial charge in [-0.2, -0.15) is 0 Å². The molecule has 0 unspecified atom stereocenters. The van der Waals surface area contributed by atoms with Crippen LogP contribution in [0.5, 0.6) is 0 Å². The normalized spacial score (nSPS) is 13.5. The number of ketones is 1. The highest BCUT2D eigenvalue weighted by atomic mass is 16.2. The van der Waals surface area contributed by atoms with E-state index in [9.17, 15) is 9.59 Å². The Labute approximate surface area is 155 Å². The van der Waals surface area contributed by atoms with Gasteiger partial charge >= 0.3 is 6.03 Å². The molecule has 1 saturated carbocycles. The number of Topliss-reactive ketones (excluding diaryl/α,β-unsaturated/α-hetero) is 1. The van der Waals surface area contributed by atoms with Gasteiger partial charge in [-0.1, -0.05) is 50.2 Å². The van der Waals surface area contributed by atoms with Crippen molar-refractivity contribution < 1.29 is 9.59 Å². The number of carbonyl (C=O) groups is 2. The van der Waals surface area contributed by atoms with Gasteiger partial charge in [0.25, 0.3) is 0 Å². The molecule has 0 heterocycles. The Kier molecular flexibility index (Phi) is 5.40. The quantitative estimate of drug-likeness (QED) is 0.727. The van der Waals surface area contributed by atoms with Crippen molar-refractivity contribution in [1.82, 2.24) is 4.90 Å². The Balaban J connectivity index is 1.70. The SMILES string of the molecule is CC(=O)c1cccc(NC(=O)N(Cc2ccc(C(C)C)cc2)C2CC2)c1. The predicted molar refractivity (Wildman–Crippen MR) is 105 cm³/mol. The van der Waals surface area contributed by atoms with Gasteiger partial charge in [-0.15, -0.1) is 0 Å². The van der Waals surface area contributed by atoms with E-state index in [1.165, 1.54) is 12.5 Å². The minimum atomic E-state index is -0.110. The number of nitrogens with one attached hydrogen (secondary N) is 1. The molecule has 2 aromatic rings. The van der Waals surface area contributed by atoms with Crippen molar-refractivity contribution in [2.45, 2.75) is 52.1 Å². The smallest absolute Gasteiger partial charge is 0.317 e. The minimum absolute atomic E-state index is 0.00890. The monoisotopic (exact) mass is 350 g/mol. The second-order valence-electron chi connectivity index (χ2n) is 7.32. The van der Waals surface area contributed by atoms with E-state index in [0.29, 0.717) is 29.8 Å².